The Hall–Kier alpha value is -2.22. The Morgan fingerprint density at radius 2 is 1.63 bits per heavy atom. The van der Waals surface area contributed by atoms with Gasteiger partial charge in [0.15, 0.2) is 0 Å². The number of carboxylic acids is 2. The van der Waals surface area contributed by atoms with E-state index in [4.69, 9.17) is 19.3 Å². The predicted octanol–water partition coefficient (Wildman–Crippen LogP) is 2.50. The molecule has 1 aromatic carbocycles. The largest absolute Gasteiger partial charge is 0.481 e. The van der Waals surface area contributed by atoms with Crippen LogP contribution in [-0.2, 0) is 29.4 Å². The van der Waals surface area contributed by atoms with Crippen molar-refractivity contribution >= 4 is 25.4 Å². The topological polar surface area (TPSA) is 139 Å². The van der Waals surface area contributed by atoms with E-state index in [1.54, 1.807) is 26.0 Å². The van der Waals surface area contributed by atoms with Crippen molar-refractivity contribution in [2.45, 2.75) is 38.9 Å². The molecule has 0 heterocycles. The van der Waals surface area contributed by atoms with Gasteiger partial charge >= 0.3 is 19.5 Å². The average molecular weight is 401 g/mol. The zero-order chi connectivity index (χ0) is 20.4. The molecule has 0 bridgehead atoms. The Kier molecular flexibility index (Phi) is 9.14. The first-order valence-electron chi connectivity index (χ1n) is 8.43. The highest BCUT2D eigenvalue weighted by atomic mass is 31.2. The molecule has 0 aromatic heterocycles. The Labute approximate surface area is 157 Å². The minimum Gasteiger partial charge on any atom is -0.481 e. The molecule has 1 amide bonds. The molecule has 1 atom stereocenters. The number of nitrogens with one attached hydrogen (secondary N) is 1. The third-order valence-electron chi connectivity index (χ3n) is 3.49. The molecule has 27 heavy (non-hydrogen) atoms. The van der Waals surface area contributed by atoms with Crippen molar-refractivity contribution in [2.75, 3.05) is 13.2 Å². The van der Waals surface area contributed by atoms with Gasteiger partial charge in [-0.1, -0.05) is 12.1 Å². The maximum absolute atomic E-state index is 12.5. The highest BCUT2D eigenvalue weighted by Crippen LogP contribution is 2.51. The maximum atomic E-state index is 12.5. The summed E-state index contributed by atoms with van der Waals surface area (Å²) in [4.78, 5) is 33.9. The number of benzene rings is 1. The fraction of sp³-hybridized carbons (Fsp3) is 0.471. The Morgan fingerprint density at radius 1 is 1.07 bits per heavy atom. The van der Waals surface area contributed by atoms with Gasteiger partial charge in [0.2, 0.25) is 0 Å². The SMILES string of the molecule is CCOP(=O)(Cc1ccc(C(=O)N[C@@H](CCC(=O)O)C(=O)O)cc1)OCC. The van der Waals surface area contributed by atoms with Crippen LogP contribution < -0.4 is 5.32 Å². The maximum Gasteiger partial charge on any atom is 0.335 e. The van der Waals surface area contributed by atoms with Crippen LogP contribution in [0.5, 0.6) is 0 Å². The first-order valence-corrected chi connectivity index (χ1v) is 10.2. The van der Waals surface area contributed by atoms with Gasteiger partial charge in [0.25, 0.3) is 5.91 Å². The van der Waals surface area contributed by atoms with Crippen molar-refractivity contribution in [3.63, 3.8) is 0 Å². The number of carbonyl (C=O) groups excluding carboxylic acids is 1. The first kappa shape index (κ1) is 22.8. The normalized spacial score (nSPS) is 12.4. The molecule has 0 radical (unpaired) electrons. The molecular formula is C17H24NO8P. The van der Waals surface area contributed by atoms with Crippen LogP contribution in [0.1, 0.15) is 42.6 Å². The zero-order valence-electron chi connectivity index (χ0n) is 15.2. The van der Waals surface area contributed by atoms with Gasteiger partial charge in [-0.25, -0.2) is 4.79 Å². The van der Waals surface area contributed by atoms with E-state index in [0.717, 1.165) is 0 Å². The van der Waals surface area contributed by atoms with Gasteiger partial charge in [0.05, 0.1) is 19.4 Å². The fourth-order valence-corrected chi connectivity index (χ4v) is 3.98. The Balaban J connectivity index is 2.79. The molecule has 0 unspecified atom stereocenters. The molecular weight excluding hydrogens is 377 g/mol. The molecule has 0 fully saturated rings. The quantitative estimate of drug-likeness (QED) is 0.454. The molecule has 0 spiro atoms. The summed E-state index contributed by atoms with van der Waals surface area (Å²) in [6, 6.07) is 4.77. The molecule has 0 saturated heterocycles. The third-order valence-corrected chi connectivity index (χ3v) is 5.55. The number of carbonyl (C=O) groups is 3. The van der Waals surface area contributed by atoms with Crippen molar-refractivity contribution < 1.29 is 38.2 Å². The third kappa shape index (κ3) is 7.90. The van der Waals surface area contributed by atoms with Gasteiger partial charge in [0, 0.05) is 12.0 Å². The molecule has 10 heteroatoms. The first-order chi connectivity index (χ1) is 12.7. The van der Waals surface area contributed by atoms with E-state index < -0.39 is 31.5 Å². The van der Waals surface area contributed by atoms with Crippen molar-refractivity contribution in [3.8, 4) is 0 Å². The van der Waals surface area contributed by atoms with Crippen molar-refractivity contribution in [1.82, 2.24) is 5.32 Å². The van der Waals surface area contributed by atoms with Gasteiger partial charge in [-0.15, -0.1) is 0 Å². The van der Waals surface area contributed by atoms with Gasteiger partial charge in [0.1, 0.15) is 6.04 Å². The monoisotopic (exact) mass is 401 g/mol. The summed E-state index contributed by atoms with van der Waals surface area (Å²) >= 11 is 0. The lowest BCUT2D eigenvalue weighted by atomic mass is 10.1. The van der Waals surface area contributed by atoms with Crippen LogP contribution in [0.3, 0.4) is 0 Å². The number of rotatable bonds is 12. The molecule has 0 saturated carbocycles. The second kappa shape index (κ2) is 10.8. The van der Waals surface area contributed by atoms with Crippen LogP contribution in [0.25, 0.3) is 0 Å². The second-order valence-electron chi connectivity index (χ2n) is 5.60. The molecule has 1 rings (SSSR count). The number of hydrogen-bond donors (Lipinski definition) is 3. The summed E-state index contributed by atoms with van der Waals surface area (Å²) in [6.45, 7) is 3.90. The summed E-state index contributed by atoms with van der Waals surface area (Å²) in [5.74, 6) is -3.10. The Bertz CT molecular complexity index is 693. The molecule has 3 N–H and O–H groups in total. The highest BCUT2D eigenvalue weighted by molar-refractivity contribution is 7.53. The van der Waals surface area contributed by atoms with Crippen LogP contribution in [0.2, 0.25) is 0 Å². The van der Waals surface area contributed by atoms with E-state index in [0.29, 0.717) is 5.56 Å². The van der Waals surface area contributed by atoms with E-state index in [1.807, 2.05) is 0 Å². The molecule has 1 aromatic rings. The number of amides is 1. The number of hydrogen-bond acceptors (Lipinski definition) is 6. The second-order valence-corrected chi connectivity index (χ2v) is 7.65. The lowest BCUT2D eigenvalue weighted by Crippen LogP contribution is -2.41. The average Bonchev–Trinajstić information content (AvgIpc) is 2.58. The van der Waals surface area contributed by atoms with E-state index in [1.165, 1.54) is 12.1 Å². The van der Waals surface area contributed by atoms with Gasteiger partial charge in [-0.05, 0) is 38.0 Å². The van der Waals surface area contributed by atoms with Crippen LogP contribution in [0.15, 0.2) is 24.3 Å². The summed E-state index contributed by atoms with van der Waals surface area (Å²) < 4.78 is 22.9. The minimum absolute atomic E-state index is 0.0486. The van der Waals surface area contributed by atoms with E-state index in [9.17, 15) is 18.9 Å². The van der Waals surface area contributed by atoms with E-state index >= 15 is 0 Å². The summed E-state index contributed by atoms with van der Waals surface area (Å²) in [7, 11) is -3.27. The summed E-state index contributed by atoms with van der Waals surface area (Å²) in [5.41, 5.74) is 0.834. The molecule has 0 aliphatic heterocycles. The fourth-order valence-electron chi connectivity index (χ4n) is 2.27. The highest BCUT2D eigenvalue weighted by Gasteiger charge is 2.25. The lowest BCUT2D eigenvalue weighted by Gasteiger charge is -2.17. The summed E-state index contributed by atoms with van der Waals surface area (Å²) in [6.07, 6.45) is -0.548. The van der Waals surface area contributed by atoms with Gasteiger partial charge < -0.3 is 24.6 Å². The van der Waals surface area contributed by atoms with Crippen molar-refractivity contribution in [1.29, 1.82) is 0 Å². The van der Waals surface area contributed by atoms with Gasteiger partial charge in [-0.2, -0.15) is 0 Å². The molecule has 150 valence electrons. The zero-order valence-corrected chi connectivity index (χ0v) is 16.1. The Morgan fingerprint density at radius 3 is 2.07 bits per heavy atom. The minimum atomic E-state index is -3.27. The molecule has 0 aliphatic rings. The van der Waals surface area contributed by atoms with Gasteiger partial charge in [-0.3, -0.25) is 14.2 Å². The molecule has 9 nitrogen and oxygen atoms in total. The van der Waals surface area contributed by atoms with Crippen molar-refractivity contribution in [2.24, 2.45) is 0 Å². The number of aliphatic carboxylic acids is 2. The van der Waals surface area contributed by atoms with Crippen molar-refractivity contribution in [3.05, 3.63) is 35.4 Å². The standard InChI is InChI=1S/C17H24NO8P/c1-3-25-27(24,26-4-2)11-12-5-7-13(8-6-12)16(21)18-14(17(22)23)9-10-15(19)20/h5-8,14H,3-4,9-11H2,1-2H3,(H,18,21)(H,19,20)(H,22,23)/t14-/m0/s1. The lowest BCUT2D eigenvalue weighted by molar-refractivity contribution is -0.140. The van der Waals surface area contributed by atoms with Crippen LogP contribution in [0, 0.1) is 0 Å². The predicted molar refractivity (Wildman–Crippen MR) is 96.8 cm³/mol. The molecule has 0 aliphatic carbocycles. The van der Waals surface area contributed by atoms with Crippen LogP contribution in [0.4, 0.5) is 0 Å². The van der Waals surface area contributed by atoms with Crippen LogP contribution in [-0.4, -0.2) is 47.3 Å². The van der Waals surface area contributed by atoms with E-state index in [-0.39, 0.29) is 37.8 Å². The van der Waals surface area contributed by atoms with E-state index in [2.05, 4.69) is 5.32 Å². The smallest absolute Gasteiger partial charge is 0.335 e. The van der Waals surface area contributed by atoms with Crippen LogP contribution >= 0.6 is 7.60 Å². The summed E-state index contributed by atoms with van der Waals surface area (Å²) in [5, 5.41) is 20.0. The number of carboxylic acid groups (broad SMARTS) is 2.